The zero-order valence-corrected chi connectivity index (χ0v) is 18.2. The van der Waals surface area contributed by atoms with Crippen molar-refractivity contribution < 1.29 is 4.79 Å². The number of carbonyl (C=O) groups is 1. The number of hydrogen-bond donors (Lipinski definition) is 3. The van der Waals surface area contributed by atoms with Crippen LogP contribution in [-0.4, -0.2) is 65.4 Å². The van der Waals surface area contributed by atoms with Crippen LogP contribution >= 0.6 is 0 Å². The Kier molecular flexibility index (Phi) is 5.41. The van der Waals surface area contributed by atoms with Crippen LogP contribution in [0.1, 0.15) is 60.8 Å². The standard InChI is InChI=1S/C20H27N11O/c1-30(14-7-5-13(6-8-14)22-19(32)18-27-29-31(2)28-18)20-21-10-9-16(24-20)23-17-11-15(25-26-17)12-3-4-12/h9-14H,3-8H2,1-2H3,(H,22,32)(H2,21,23,24,25,26). The van der Waals surface area contributed by atoms with E-state index in [1.54, 1.807) is 13.2 Å². The van der Waals surface area contributed by atoms with Gasteiger partial charge in [0.1, 0.15) is 5.82 Å². The van der Waals surface area contributed by atoms with Gasteiger partial charge in [-0.15, -0.1) is 10.2 Å². The number of aromatic amines is 1. The van der Waals surface area contributed by atoms with Gasteiger partial charge >= 0.3 is 0 Å². The molecule has 0 atom stereocenters. The lowest BCUT2D eigenvalue weighted by Crippen LogP contribution is -2.43. The molecule has 0 aliphatic heterocycles. The molecule has 12 nitrogen and oxygen atoms in total. The van der Waals surface area contributed by atoms with Crippen molar-refractivity contribution in [1.82, 2.24) is 45.7 Å². The number of aryl methyl sites for hydroxylation is 1. The van der Waals surface area contributed by atoms with Crippen LogP contribution in [0.2, 0.25) is 0 Å². The van der Waals surface area contributed by atoms with Crippen LogP contribution in [-0.2, 0) is 7.05 Å². The van der Waals surface area contributed by atoms with Gasteiger partial charge < -0.3 is 15.5 Å². The minimum absolute atomic E-state index is 0.102. The monoisotopic (exact) mass is 437 g/mol. The number of nitrogens with zero attached hydrogens (tertiary/aromatic N) is 8. The van der Waals surface area contributed by atoms with Gasteiger partial charge in [-0.1, -0.05) is 0 Å². The Morgan fingerprint density at radius 2 is 2.00 bits per heavy atom. The Morgan fingerprint density at radius 3 is 2.72 bits per heavy atom. The minimum Gasteiger partial charge on any atom is -0.346 e. The molecule has 5 rings (SSSR count). The van der Waals surface area contributed by atoms with Crippen molar-refractivity contribution >= 4 is 23.5 Å². The van der Waals surface area contributed by atoms with Crippen LogP contribution in [0.5, 0.6) is 0 Å². The summed E-state index contributed by atoms with van der Waals surface area (Å²) in [6.07, 6.45) is 7.82. The number of tetrazole rings is 1. The number of rotatable bonds is 7. The number of hydrogen-bond acceptors (Lipinski definition) is 9. The first-order chi connectivity index (χ1) is 15.5. The second-order valence-electron chi connectivity index (χ2n) is 8.54. The highest BCUT2D eigenvalue weighted by Gasteiger charge is 2.28. The fraction of sp³-hybridized carbons (Fsp3) is 0.550. The molecule has 0 spiro atoms. The highest BCUT2D eigenvalue weighted by atomic mass is 16.2. The van der Waals surface area contributed by atoms with Gasteiger partial charge in [0.25, 0.3) is 11.7 Å². The van der Waals surface area contributed by atoms with E-state index < -0.39 is 0 Å². The lowest BCUT2D eigenvalue weighted by Gasteiger charge is -2.34. The molecule has 2 aliphatic carbocycles. The molecule has 12 heteroatoms. The molecule has 168 valence electrons. The van der Waals surface area contributed by atoms with Crippen LogP contribution in [0.15, 0.2) is 18.3 Å². The van der Waals surface area contributed by atoms with Crippen LogP contribution in [0.4, 0.5) is 17.6 Å². The van der Waals surface area contributed by atoms with Crippen molar-refractivity contribution in [3.63, 3.8) is 0 Å². The maximum Gasteiger partial charge on any atom is 0.293 e. The number of carbonyl (C=O) groups excluding carboxylic acids is 1. The average molecular weight is 438 g/mol. The summed E-state index contributed by atoms with van der Waals surface area (Å²) in [6.45, 7) is 0. The van der Waals surface area contributed by atoms with Gasteiger partial charge in [0, 0.05) is 43.0 Å². The summed E-state index contributed by atoms with van der Waals surface area (Å²) in [4.78, 5) is 24.8. The average Bonchev–Trinajstić information content (AvgIpc) is 3.39. The van der Waals surface area contributed by atoms with Crippen molar-refractivity contribution in [2.75, 3.05) is 17.3 Å². The van der Waals surface area contributed by atoms with Gasteiger partial charge in [0.05, 0.1) is 7.05 Å². The molecule has 2 fully saturated rings. The van der Waals surface area contributed by atoms with Gasteiger partial charge in [-0.25, -0.2) is 4.98 Å². The van der Waals surface area contributed by atoms with Crippen LogP contribution in [0, 0.1) is 0 Å². The first-order valence-corrected chi connectivity index (χ1v) is 11.0. The lowest BCUT2D eigenvalue weighted by atomic mass is 9.90. The van der Waals surface area contributed by atoms with E-state index in [9.17, 15) is 4.79 Å². The topological polar surface area (TPSA) is 142 Å². The van der Waals surface area contributed by atoms with Crippen LogP contribution < -0.4 is 15.5 Å². The van der Waals surface area contributed by atoms with E-state index in [1.807, 2.05) is 13.1 Å². The van der Waals surface area contributed by atoms with E-state index in [0.29, 0.717) is 23.7 Å². The van der Waals surface area contributed by atoms with E-state index in [-0.39, 0.29) is 17.8 Å². The summed E-state index contributed by atoms with van der Waals surface area (Å²) in [5.74, 6) is 2.61. The summed E-state index contributed by atoms with van der Waals surface area (Å²) in [7, 11) is 3.66. The normalized spacial score (nSPS) is 20.7. The predicted molar refractivity (Wildman–Crippen MR) is 117 cm³/mol. The van der Waals surface area contributed by atoms with Crippen molar-refractivity contribution in [3.8, 4) is 0 Å². The third-order valence-electron chi connectivity index (χ3n) is 6.12. The number of amides is 1. The van der Waals surface area contributed by atoms with Gasteiger partial charge in [-0.05, 0) is 49.8 Å². The molecular formula is C20H27N11O. The molecule has 0 unspecified atom stereocenters. The van der Waals surface area contributed by atoms with E-state index in [1.165, 1.54) is 23.3 Å². The predicted octanol–water partition coefficient (Wildman–Crippen LogP) is 1.52. The van der Waals surface area contributed by atoms with Gasteiger partial charge in [0.2, 0.25) is 5.95 Å². The summed E-state index contributed by atoms with van der Waals surface area (Å²) >= 11 is 0. The second kappa shape index (κ2) is 8.52. The van der Waals surface area contributed by atoms with Gasteiger partial charge in [-0.3, -0.25) is 9.89 Å². The minimum atomic E-state index is -0.278. The van der Waals surface area contributed by atoms with E-state index in [0.717, 1.165) is 31.5 Å². The van der Waals surface area contributed by atoms with Gasteiger partial charge in [-0.2, -0.15) is 14.9 Å². The van der Waals surface area contributed by atoms with Crippen LogP contribution in [0.25, 0.3) is 0 Å². The highest BCUT2D eigenvalue weighted by Crippen LogP contribution is 2.39. The number of nitrogens with one attached hydrogen (secondary N) is 3. The van der Waals surface area contributed by atoms with Crippen molar-refractivity contribution in [2.24, 2.45) is 7.05 Å². The van der Waals surface area contributed by atoms with Crippen molar-refractivity contribution in [3.05, 3.63) is 29.8 Å². The molecule has 0 saturated heterocycles. The zero-order chi connectivity index (χ0) is 22.1. The quantitative estimate of drug-likeness (QED) is 0.501. The lowest BCUT2D eigenvalue weighted by molar-refractivity contribution is 0.0914. The third kappa shape index (κ3) is 4.53. The van der Waals surface area contributed by atoms with Crippen LogP contribution in [0.3, 0.4) is 0 Å². The Bertz CT molecular complexity index is 1080. The summed E-state index contributed by atoms with van der Waals surface area (Å²) in [6, 6.07) is 4.30. The summed E-state index contributed by atoms with van der Waals surface area (Å²) in [5, 5.41) is 25.1. The molecule has 3 aromatic rings. The number of H-pyrrole nitrogens is 1. The largest absolute Gasteiger partial charge is 0.346 e. The molecule has 0 radical (unpaired) electrons. The van der Waals surface area contributed by atoms with Crippen molar-refractivity contribution in [1.29, 1.82) is 0 Å². The van der Waals surface area contributed by atoms with Crippen molar-refractivity contribution in [2.45, 2.75) is 56.5 Å². The molecule has 3 heterocycles. The number of aromatic nitrogens is 8. The fourth-order valence-corrected chi connectivity index (χ4v) is 4.12. The first-order valence-electron chi connectivity index (χ1n) is 11.0. The maximum absolute atomic E-state index is 12.3. The molecule has 1 amide bonds. The molecule has 3 N–H and O–H groups in total. The molecule has 32 heavy (non-hydrogen) atoms. The molecule has 0 aromatic carbocycles. The maximum atomic E-state index is 12.3. The van der Waals surface area contributed by atoms with E-state index >= 15 is 0 Å². The summed E-state index contributed by atoms with van der Waals surface area (Å²) < 4.78 is 0. The molecule has 2 aliphatic rings. The molecule has 3 aromatic heterocycles. The molecule has 2 saturated carbocycles. The summed E-state index contributed by atoms with van der Waals surface area (Å²) in [5.41, 5.74) is 1.18. The smallest absolute Gasteiger partial charge is 0.293 e. The van der Waals surface area contributed by atoms with E-state index in [4.69, 9.17) is 0 Å². The first kappa shape index (κ1) is 20.3. The molecular weight excluding hydrogens is 410 g/mol. The third-order valence-corrected chi connectivity index (χ3v) is 6.12. The Labute approximate surface area is 185 Å². The Morgan fingerprint density at radius 1 is 1.19 bits per heavy atom. The molecule has 0 bridgehead atoms. The SMILES string of the molecule is CN(c1nccc(Nc2cc(C3CC3)[nH]n2)n1)C1CCC(NC(=O)c2nnn(C)n2)CC1. The Hall–Kier alpha value is -3.57. The highest BCUT2D eigenvalue weighted by molar-refractivity contribution is 5.90. The Balaban J connectivity index is 1.15. The van der Waals surface area contributed by atoms with E-state index in [2.05, 4.69) is 57.2 Å². The number of anilines is 3. The fourth-order valence-electron chi connectivity index (χ4n) is 4.12. The second-order valence-corrected chi connectivity index (χ2v) is 8.54. The van der Waals surface area contributed by atoms with Gasteiger partial charge in [0.15, 0.2) is 5.82 Å². The zero-order valence-electron chi connectivity index (χ0n) is 18.2.